The first kappa shape index (κ1) is 24.3. The van der Waals surface area contributed by atoms with E-state index < -0.39 is 11.8 Å². The second-order valence-electron chi connectivity index (χ2n) is 7.22. The van der Waals surface area contributed by atoms with E-state index in [-0.39, 0.29) is 12.5 Å². The summed E-state index contributed by atoms with van der Waals surface area (Å²) in [6.07, 6.45) is 1.45. The molecule has 0 heterocycles. The van der Waals surface area contributed by atoms with Gasteiger partial charge in [-0.15, -0.1) is 0 Å². The SMILES string of the molecule is COc1cc(C=NNC(=O)CNC(=O)C(c2ccccc2)c2ccccc2)cc(OC)c1OC. The zero-order valence-corrected chi connectivity index (χ0v) is 19.3. The van der Waals surface area contributed by atoms with Crippen molar-refractivity contribution < 1.29 is 23.8 Å². The molecule has 0 bridgehead atoms. The minimum Gasteiger partial charge on any atom is -0.493 e. The Hall–Kier alpha value is -4.33. The van der Waals surface area contributed by atoms with E-state index in [2.05, 4.69) is 15.8 Å². The number of rotatable bonds is 10. The highest BCUT2D eigenvalue weighted by Gasteiger charge is 2.22. The number of carbonyl (C=O) groups excluding carboxylic acids is 2. The van der Waals surface area contributed by atoms with Crippen LogP contribution in [0, 0.1) is 0 Å². The maximum atomic E-state index is 13.0. The fraction of sp³-hybridized carbons (Fsp3) is 0.192. The van der Waals surface area contributed by atoms with Crippen LogP contribution in [0.2, 0.25) is 0 Å². The molecule has 0 aliphatic carbocycles. The van der Waals surface area contributed by atoms with Crippen LogP contribution >= 0.6 is 0 Å². The molecular formula is C26H27N3O5. The van der Waals surface area contributed by atoms with Gasteiger partial charge < -0.3 is 19.5 Å². The standard InChI is InChI=1S/C26H27N3O5/c1-32-21-14-18(15-22(33-2)25(21)34-3)16-28-29-23(30)17-27-26(31)24(19-10-6-4-7-11-19)20-12-8-5-9-13-20/h4-16,24H,17H2,1-3H3,(H,27,31)(H,29,30). The Labute approximate surface area is 198 Å². The lowest BCUT2D eigenvalue weighted by Gasteiger charge is -2.17. The van der Waals surface area contributed by atoms with Gasteiger partial charge in [-0.1, -0.05) is 60.7 Å². The van der Waals surface area contributed by atoms with E-state index in [1.165, 1.54) is 27.5 Å². The molecule has 0 fully saturated rings. The molecule has 3 rings (SSSR count). The molecule has 0 saturated carbocycles. The fourth-order valence-electron chi connectivity index (χ4n) is 3.45. The van der Waals surface area contributed by atoms with Crippen LogP contribution in [0.4, 0.5) is 0 Å². The third kappa shape index (κ3) is 6.13. The fourth-order valence-corrected chi connectivity index (χ4v) is 3.45. The maximum absolute atomic E-state index is 13.0. The Morgan fingerprint density at radius 2 is 1.38 bits per heavy atom. The molecule has 3 aromatic rings. The topological polar surface area (TPSA) is 98.2 Å². The summed E-state index contributed by atoms with van der Waals surface area (Å²) in [6.45, 7) is -0.221. The van der Waals surface area contributed by atoms with Crippen molar-refractivity contribution in [1.82, 2.24) is 10.7 Å². The lowest BCUT2D eigenvalue weighted by molar-refractivity contribution is -0.126. The van der Waals surface area contributed by atoms with Crippen molar-refractivity contribution in [3.8, 4) is 17.2 Å². The third-order valence-electron chi connectivity index (χ3n) is 5.04. The molecule has 0 atom stereocenters. The van der Waals surface area contributed by atoms with E-state index in [0.717, 1.165) is 11.1 Å². The number of nitrogens with one attached hydrogen (secondary N) is 2. The number of methoxy groups -OCH3 is 3. The molecule has 3 aromatic carbocycles. The molecule has 176 valence electrons. The molecule has 2 amide bonds. The monoisotopic (exact) mass is 461 g/mol. The number of amides is 2. The summed E-state index contributed by atoms with van der Waals surface area (Å²) in [7, 11) is 4.55. The second-order valence-corrected chi connectivity index (χ2v) is 7.22. The van der Waals surface area contributed by atoms with Crippen LogP contribution in [0.15, 0.2) is 77.9 Å². The number of carbonyl (C=O) groups is 2. The summed E-state index contributed by atoms with van der Waals surface area (Å²) < 4.78 is 15.9. The quantitative estimate of drug-likeness (QED) is 0.357. The molecule has 34 heavy (non-hydrogen) atoms. The molecule has 8 nitrogen and oxygen atoms in total. The summed E-state index contributed by atoms with van der Waals surface area (Å²) in [5.74, 6) is 0.126. The number of hydrazone groups is 1. The summed E-state index contributed by atoms with van der Waals surface area (Å²) in [5, 5.41) is 6.66. The van der Waals surface area contributed by atoms with Crippen LogP contribution in [-0.2, 0) is 9.59 Å². The van der Waals surface area contributed by atoms with Crippen molar-refractivity contribution in [1.29, 1.82) is 0 Å². The van der Waals surface area contributed by atoms with E-state index >= 15 is 0 Å². The Morgan fingerprint density at radius 3 is 1.85 bits per heavy atom. The Kier molecular flexibility index (Phi) is 8.62. The van der Waals surface area contributed by atoms with Crippen molar-refractivity contribution in [2.24, 2.45) is 5.10 Å². The zero-order valence-electron chi connectivity index (χ0n) is 19.3. The number of benzene rings is 3. The molecule has 2 N–H and O–H groups in total. The number of ether oxygens (including phenoxy) is 3. The van der Waals surface area contributed by atoms with E-state index in [9.17, 15) is 9.59 Å². The van der Waals surface area contributed by atoms with Gasteiger partial charge in [-0.3, -0.25) is 9.59 Å². The Bertz CT molecular complexity index is 1070. The van der Waals surface area contributed by atoms with Gasteiger partial charge in [0.2, 0.25) is 11.7 Å². The molecule has 0 aromatic heterocycles. The summed E-state index contributed by atoms with van der Waals surface area (Å²) in [6, 6.07) is 22.2. The molecule has 0 aliphatic rings. The number of nitrogens with zero attached hydrogens (tertiary/aromatic N) is 1. The van der Waals surface area contributed by atoms with Crippen molar-refractivity contribution >= 4 is 18.0 Å². The Balaban J connectivity index is 1.63. The zero-order chi connectivity index (χ0) is 24.3. The van der Waals surface area contributed by atoms with E-state index in [1.54, 1.807) is 12.1 Å². The van der Waals surface area contributed by atoms with Gasteiger partial charge in [0, 0.05) is 5.56 Å². The van der Waals surface area contributed by atoms with Crippen molar-refractivity contribution in [2.45, 2.75) is 5.92 Å². The maximum Gasteiger partial charge on any atom is 0.259 e. The highest BCUT2D eigenvalue weighted by molar-refractivity contribution is 5.91. The predicted octanol–water partition coefficient (Wildman–Crippen LogP) is 3.11. The third-order valence-corrected chi connectivity index (χ3v) is 5.04. The molecule has 0 radical (unpaired) electrons. The van der Waals surface area contributed by atoms with Gasteiger partial charge >= 0.3 is 0 Å². The van der Waals surface area contributed by atoms with Gasteiger partial charge in [0.15, 0.2) is 11.5 Å². The van der Waals surface area contributed by atoms with Crippen molar-refractivity contribution in [3.05, 3.63) is 89.5 Å². The molecule has 8 heteroatoms. The lowest BCUT2D eigenvalue weighted by Crippen LogP contribution is -2.37. The predicted molar refractivity (Wildman–Crippen MR) is 130 cm³/mol. The summed E-state index contributed by atoms with van der Waals surface area (Å²) >= 11 is 0. The number of hydrogen-bond donors (Lipinski definition) is 2. The van der Waals surface area contributed by atoms with Gasteiger partial charge in [-0.05, 0) is 23.3 Å². The summed E-state index contributed by atoms with van der Waals surface area (Å²) in [4.78, 5) is 25.2. The van der Waals surface area contributed by atoms with Crippen molar-refractivity contribution in [2.75, 3.05) is 27.9 Å². The normalized spacial score (nSPS) is 10.7. The summed E-state index contributed by atoms with van der Waals surface area (Å²) in [5.41, 5.74) is 4.72. The highest BCUT2D eigenvalue weighted by Crippen LogP contribution is 2.37. The lowest BCUT2D eigenvalue weighted by atomic mass is 9.90. The van der Waals surface area contributed by atoms with Crippen LogP contribution in [0.5, 0.6) is 17.2 Å². The van der Waals surface area contributed by atoms with Crippen LogP contribution in [0.3, 0.4) is 0 Å². The first-order valence-corrected chi connectivity index (χ1v) is 10.6. The van der Waals surface area contributed by atoms with E-state index in [1.807, 2.05) is 60.7 Å². The van der Waals surface area contributed by atoms with Gasteiger partial charge in [-0.25, -0.2) is 5.43 Å². The molecule has 0 saturated heterocycles. The average Bonchev–Trinajstić information content (AvgIpc) is 2.88. The molecule has 0 spiro atoms. The van der Waals surface area contributed by atoms with Gasteiger partial charge in [0.1, 0.15) is 0 Å². The second kappa shape index (κ2) is 12.1. The minimum absolute atomic E-state index is 0.221. The van der Waals surface area contributed by atoms with Gasteiger partial charge in [0.25, 0.3) is 5.91 Å². The van der Waals surface area contributed by atoms with Crippen LogP contribution < -0.4 is 25.0 Å². The number of hydrogen-bond acceptors (Lipinski definition) is 6. The first-order chi connectivity index (χ1) is 16.6. The first-order valence-electron chi connectivity index (χ1n) is 10.6. The largest absolute Gasteiger partial charge is 0.493 e. The Morgan fingerprint density at radius 1 is 0.853 bits per heavy atom. The van der Waals surface area contributed by atoms with E-state index in [0.29, 0.717) is 22.8 Å². The molecule has 0 aliphatic heterocycles. The van der Waals surface area contributed by atoms with Crippen LogP contribution in [-0.4, -0.2) is 45.9 Å². The average molecular weight is 462 g/mol. The molecule has 0 unspecified atom stereocenters. The van der Waals surface area contributed by atoms with Crippen molar-refractivity contribution in [3.63, 3.8) is 0 Å². The molecular weight excluding hydrogens is 434 g/mol. The van der Waals surface area contributed by atoms with Crippen LogP contribution in [0.25, 0.3) is 0 Å². The van der Waals surface area contributed by atoms with E-state index in [4.69, 9.17) is 14.2 Å². The van der Waals surface area contributed by atoms with Crippen LogP contribution in [0.1, 0.15) is 22.6 Å². The highest BCUT2D eigenvalue weighted by atomic mass is 16.5. The van der Waals surface area contributed by atoms with Gasteiger partial charge in [0.05, 0.1) is 40.0 Å². The smallest absolute Gasteiger partial charge is 0.259 e. The minimum atomic E-state index is -0.530. The van der Waals surface area contributed by atoms with Gasteiger partial charge in [-0.2, -0.15) is 5.10 Å².